The molecule has 0 aromatic heterocycles. The molecule has 1 aliphatic rings. The summed E-state index contributed by atoms with van der Waals surface area (Å²) in [5.41, 5.74) is 1.30. The van der Waals surface area contributed by atoms with Crippen molar-refractivity contribution in [3.63, 3.8) is 0 Å². The average Bonchev–Trinajstić information content (AvgIpc) is 2.04. The number of benzene rings is 1. The normalized spacial score (nSPS) is 21.9. The van der Waals surface area contributed by atoms with E-state index in [1.807, 2.05) is 6.07 Å². The smallest absolute Gasteiger partial charge is 0.129 e. The Bertz CT molecular complexity index is 296. The lowest BCUT2D eigenvalue weighted by Crippen LogP contribution is -2.09. The SMILES string of the molecule is CC1CSc2c(O)cccc2C1. The number of hydrogen-bond acceptors (Lipinski definition) is 2. The fraction of sp³-hybridized carbons (Fsp3) is 0.400. The molecule has 1 unspecified atom stereocenters. The van der Waals surface area contributed by atoms with Gasteiger partial charge in [-0.15, -0.1) is 11.8 Å². The van der Waals surface area contributed by atoms with E-state index in [1.54, 1.807) is 17.8 Å². The summed E-state index contributed by atoms with van der Waals surface area (Å²) in [4.78, 5) is 1.09. The summed E-state index contributed by atoms with van der Waals surface area (Å²) in [6.07, 6.45) is 1.11. The first-order chi connectivity index (χ1) is 5.77. The van der Waals surface area contributed by atoms with Crippen molar-refractivity contribution in [1.29, 1.82) is 0 Å². The van der Waals surface area contributed by atoms with Gasteiger partial charge in [-0.05, 0) is 24.0 Å². The van der Waals surface area contributed by atoms with E-state index < -0.39 is 0 Å². The fourth-order valence-electron chi connectivity index (χ4n) is 1.56. The summed E-state index contributed by atoms with van der Waals surface area (Å²) in [5.74, 6) is 2.32. The zero-order chi connectivity index (χ0) is 8.55. The van der Waals surface area contributed by atoms with Gasteiger partial charge in [0.1, 0.15) is 5.75 Å². The molecule has 1 N–H and O–H groups in total. The van der Waals surface area contributed by atoms with Gasteiger partial charge in [-0.1, -0.05) is 19.1 Å². The molecule has 0 saturated carbocycles. The standard InChI is InChI=1S/C10H12OS/c1-7-5-8-3-2-4-9(11)10(8)12-6-7/h2-4,7,11H,5-6H2,1H3. The van der Waals surface area contributed by atoms with Gasteiger partial charge in [0.15, 0.2) is 0 Å². The molecule has 0 saturated heterocycles. The third-order valence-corrected chi connectivity index (χ3v) is 3.65. The molecule has 1 aromatic rings. The van der Waals surface area contributed by atoms with Crippen LogP contribution in [-0.4, -0.2) is 10.9 Å². The van der Waals surface area contributed by atoms with E-state index in [-0.39, 0.29) is 0 Å². The number of rotatable bonds is 0. The van der Waals surface area contributed by atoms with Crippen LogP contribution in [0.2, 0.25) is 0 Å². The van der Waals surface area contributed by atoms with Crippen molar-refractivity contribution in [2.24, 2.45) is 5.92 Å². The predicted molar refractivity (Wildman–Crippen MR) is 51.7 cm³/mol. The molecule has 64 valence electrons. The van der Waals surface area contributed by atoms with Crippen molar-refractivity contribution in [3.05, 3.63) is 23.8 Å². The number of phenolic OH excluding ortho intramolecular Hbond substituents is 1. The van der Waals surface area contributed by atoms with Gasteiger partial charge in [-0.3, -0.25) is 0 Å². The second-order valence-corrected chi connectivity index (χ2v) is 4.42. The van der Waals surface area contributed by atoms with E-state index in [4.69, 9.17) is 0 Å². The molecular formula is C10H12OS. The topological polar surface area (TPSA) is 20.2 Å². The Labute approximate surface area is 76.8 Å². The Hall–Kier alpha value is -0.630. The van der Waals surface area contributed by atoms with Crippen molar-refractivity contribution < 1.29 is 5.11 Å². The zero-order valence-electron chi connectivity index (χ0n) is 7.08. The molecule has 1 aliphatic heterocycles. The third-order valence-electron chi connectivity index (χ3n) is 2.16. The van der Waals surface area contributed by atoms with Gasteiger partial charge in [0.25, 0.3) is 0 Å². The summed E-state index contributed by atoms with van der Waals surface area (Å²) in [6, 6.07) is 5.80. The van der Waals surface area contributed by atoms with E-state index in [0.717, 1.165) is 23.0 Å². The van der Waals surface area contributed by atoms with Gasteiger partial charge in [0.2, 0.25) is 0 Å². The minimum atomic E-state index is 0.449. The summed E-state index contributed by atoms with van der Waals surface area (Å²) in [6.45, 7) is 2.25. The molecule has 0 fully saturated rings. The van der Waals surface area contributed by atoms with Crippen LogP contribution in [0.3, 0.4) is 0 Å². The molecule has 2 rings (SSSR count). The number of aromatic hydroxyl groups is 1. The Morgan fingerprint density at radius 1 is 1.50 bits per heavy atom. The summed E-state index contributed by atoms with van der Waals surface area (Å²) < 4.78 is 0. The van der Waals surface area contributed by atoms with Gasteiger partial charge in [0, 0.05) is 5.75 Å². The highest BCUT2D eigenvalue weighted by Gasteiger charge is 2.17. The minimum absolute atomic E-state index is 0.449. The number of phenols is 1. The Morgan fingerprint density at radius 3 is 3.17 bits per heavy atom. The molecule has 0 amide bonds. The maximum Gasteiger partial charge on any atom is 0.129 e. The maximum atomic E-state index is 9.52. The minimum Gasteiger partial charge on any atom is -0.507 e. The van der Waals surface area contributed by atoms with Crippen molar-refractivity contribution in [2.75, 3.05) is 5.75 Å². The summed E-state index contributed by atoms with van der Waals surface area (Å²) in [5, 5.41) is 9.52. The highest BCUT2D eigenvalue weighted by molar-refractivity contribution is 7.99. The second-order valence-electron chi connectivity index (χ2n) is 3.39. The monoisotopic (exact) mass is 180 g/mol. The van der Waals surface area contributed by atoms with E-state index in [1.165, 1.54) is 5.56 Å². The highest BCUT2D eigenvalue weighted by Crippen LogP contribution is 2.38. The van der Waals surface area contributed by atoms with Crippen LogP contribution in [0.5, 0.6) is 5.75 Å². The largest absolute Gasteiger partial charge is 0.507 e. The fourth-order valence-corrected chi connectivity index (χ4v) is 2.68. The summed E-state index contributed by atoms with van der Waals surface area (Å²) in [7, 11) is 0. The quantitative estimate of drug-likeness (QED) is 0.662. The van der Waals surface area contributed by atoms with E-state index in [2.05, 4.69) is 13.0 Å². The van der Waals surface area contributed by atoms with Crippen LogP contribution in [0.25, 0.3) is 0 Å². The first kappa shape index (κ1) is 7.99. The first-order valence-corrected chi connectivity index (χ1v) is 5.19. The summed E-state index contributed by atoms with van der Waals surface area (Å²) >= 11 is 1.77. The molecule has 1 nitrogen and oxygen atoms in total. The van der Waals surface area contributed by atoms with Gasteiger partial charge in [-0.25, -0.2) is 0 Å². The number of fused-ring (bicyclic) bond motifs is 1. The van der Waals surface area contributed by atoms with Crippen molar-refractivity contribution in [2.45, 2.75) is 18.2 Å². The van der Waals surface area contributed by atoms with Crippen molar-refractivity contribution >= 4 is 11.8 Å². The van der Waals surface area contributed by atoms with Crippen LogP contribution in [0.15, 0.2) is 23.1 Å². The Balaban J connectivity index is 2.42. The average molecular weight is 180 g/mol. The van der Waals surface area contributed by atoms with Crippen LogP contribution >= 0.6 is 11.8 Å². The zero-order valence-corrected chi connectivity index (χ0v) is 7.90. The lowest BCUT2D eigenvalue weighted by molar-refractivity contribution is 0.458. The number of thioether (sulfide) groups is 1. The lowest BCUT2D eigenvalue weighted by atomic mass is 10.0. The molecule has 0 radical (unpaired) electrons. The van der Waals surface area contributed by atoms with Crippen molar-refractivity contribution in [3.8, 4) is 5.75 Å². The molecule has 0 aliphatic carbocycles. The maximum absolute atomic E-state index is 9.52. The molecule has 0 bridgehead atoms. The van der Waals surface area contributed by atoms with E-state index in [0.29, 0.717) is 5.75 Å². The third kappa shape index (κ3) is 1.31. The van der Waals surface area contributed by atoms with Crippen LogP contribution < -0.4 is 0 Å². The predicted octanol–water partition coefficient (Wildman–Crippen LogP) is 2.68. The Kier molecular flexibility index (Phi) is 2.01. The van der Waals surface area contributed by atoms with Crippen molar-refractivity contribution in [1.82, 2.24) is 0 Å². The van der Waals surface area contributed by atoms with E-state index >= 15 is 0 Å². The van der Waals surface area contributed by atoms with Gasteiger partial charge >= 0.3 is 0 Å². The van der Waals surface area contributed by atoms with Crippen LogP contribution in [0.4, 0.5) is 0 Å². The van der Waals surface area contributed by atoms with Crippen LogP contribution in [-0.2, 0) is 6.42 Å². The van der Waals surface area contributed by atoms with E-state index in [9.17, 15) is 5.11 Å². The highest BCUT2D eigenvalue weighted by atomic mass is 32.2. The molecule has 1 heterocycles. The van der Waals surface area contributed by atoms with Gasteiger partial charge < -0.3 is 5.11 Å². The molecule has 1 atom stereocenters. The first-order valence-electron chi connectivity index (χ1n) is 4.21. The second kappa shape index (κ2) is 3.02. The molecule has 2 heteroatoms. The van der Waals surface area contributed by atoms with Crippen LogP contribution in [0.1, 0.15) is 12.5 Å². The Morgan fingerprint density at radius 2 is 2.33 bits per heavy atom. The molecular weight excluding hydrogens is 168 g/mol. The molecule has 1 aromatic carbocycles. The van der Waals surface area contributed by atoms with Gasteiger partial charge in [-0.2, -0.15) is 0 Å². The number of hydrogen-bond donors (Lipinski definition) is 1. The van der Waals surface area contributed by atoms with Gasteiger partial charge in [0.05, 0.1) is 4.90 Å². The van der Waals surface area contributed by atoms with Crippen LogP contribution in [0, 0.1) is 5.92 Å². The molecule has 12 heavy (non-hydrogen) atoms. The molecule has 0 spiro atoms. The lowest BCUT2D eigenvalue weighted by Gasteiger charge is -2.21.